The number of hydrogen-bond donors (Lipinski definition) is 2. The first-order valence-electron chi connectivity index (χ1n) is 5.83. The van der Waals surface area contributed by atoms with Crippen LogP contribution >= 0.6 is 0 Å². The zero-order valence-electron chi connectivity index (χ0n) is 10.2. The predicted octanol–water partition coefficient (Wildman–Crippen LogP) is 0.460. The van der Waals surface area contributed by atoms with Crippen molar-refractivity contribution in [2.45, 2.75) is 39.2 Å². The fraction of sp³-hybridized carbons (Fsp3) is 1.00. The SMILES string of the molecule is CCCCC(CN)NS(=O)(=O)CCOCC. The van der Waals surface area contributed by atoms with Crippen molar-refractivity contribution in [1.29, 1.82) is 0 Å². The fourth-order valence-electron chi connectivity index (χ4n) is 1.30. The van der Waals surface area contributed by atoms with Crippen LogP contribution in [0, 0.1) is 0 Å². The van der Waals surface area contributed by atoms with E-state index in [0.29, 0.717) is 13.2 Å². The summed E-state index contributed by atoms with van der Waals surface area (Å²) < 4.78 is 30.8. The van der Waals surface area contributed by atoms with Crippen LogP contribution in [0.1, 0.15) is 33.1 Å². The monoisotopic (exact) mass is 252 g/mol. The van der Waals surface area contributed by atoms with Gasteiger partial charge in [0.2, 0.25) is 10.0 Å². The van der Waals surface area contributed by atoms with Gasteiger partial charge in [0.15, 0.2) is 0 Å². The van der Waals surface area contributed by atoms with Gasteiger partial charge >= 0.3 is 0 Å². The van der Waals surface area contributed by atoms with Gasteiger partial charge in [-0.15, -0.1) is 0 Å². The van der Waals surface area contributed by atoms with E-state index in [1.807, 2.05) is 6.92 Å². The molecule has 0 aromatic rings. The molecule has 0 aliphatic heterocycles. The largest absolute Gasteiger partial charge is 0.381 e. The second-order valence-electron chi connectivity index (χ2n) is 3.71. The highest BCUT2D eigenvalue weighted by molar-refractivity contribution is 7.89. The van der Waals surface area contributed by atoms with Crippen molar-refractivity contribution in [1.82, 2.24) is 4.72 Å². The van der Waals surface area contributed by atoms with Gasteiger partial charge < -0.3 is 10.5 Å². The van der Waals surface area contributed by atoms with Crippen LogP contribution in [0.3, 0.4) is 0 Å². The lowest BCUT2D eigenvalue weighted by atomic mass is 10.1. The molecule has 16 heavy (non-hydrogen) atoms. The Morgan fingerprint density at radius 3 is 2.56 bits per heavy atom. The van der Waals surface area contributed by atoms with E-state index in [1.165, 1.54) is 0 Å². The van der Waals surface area contributed by atoms with Crippen LogP contribution in [0.2, 0.25) is 0 Å². The maximum Gasteiger partial charge on any atom is 0.214 e. The van der Waals surface area contributed by atoms with E-state index in [1.54, 1.807) is 0 Å². The van der Waals surface area contributed by atoms with Crippen LogP contribution in [-0.4, -0.2) is 40.0 Å². The molecule has 0 aromatic heterocycles. The number of rotatable bonds is 10. The van der Waals surface area contributed by atoms with Crippen molar-refractivity contribution < 1.29 is 13.2 Å². The van der Waals surface area contributed by atoms with Crippen molar-refractivity contribution >= 4 is 10.0 Å². The zero-order valence-corrected chi connectivity index (χ0v) is 11.1. The molecule has 0 rings (SSSR count). The molecule has 0 radical (unpaired) electrons. The first kappa shape index (κ1) is 15.8. The summed E-state index contributed by atoms with van der Waals surface area (Å²) in [4.78, 5) is 0. The number of hydrogen-bond acceptors (Lipinski definition) is 4. The topological polar surface area (TPSA) is 81.4 Å². The van der Waals surface area contributed by atoms with Gasteiger partial charge in [-0.05, 0) is 13.3 Å². The quantitative estimate of drug-likeness (QED) is 0.553. The van der Waals surface area contributed by atoms with E-state index in [-0.39, 0.29) is 18.4 Å². The van der Waals surface area contributed by atoms with Gasteiger partial charge in [0, 0.05) is 19.2 Å². The molecule has 0 saturated heterocycles. The van der Waals surface area contributed by atoms with Crippen molar-refractivity contribution in [2.75, 3.05) is 25.5 Å². The maximum absolute atomic E-state index is 11.6. The molecule has 0 saturated carbocycles. The summed E-state index contributed by atoms with van der Waals surface area (Å²) in [6.07, 6.45) is 2.81. The van der Waals surface area contributed by atoms with Gasteiger partial charge in [-0.2, -0.15) is 0 Å². The minimum absolute atomic E-state index is 0.00344. The van der Waals surface area contributed by atoms with Gasteiger partial charge in [0.05, 0.1) is 12.4 Å². The molecular weight excluding hydrogens is 228 g/mol. The van der Waals surface area contributed by atoms with Crippen LogP contribution in [-0.2, 0) is 14.8 Å². The number of ether oxygens (including phenoxy) is 1. The fourth-order valence-corrected chi connectivity index (χ4v) is 2.48. The molecule has 0 amide bonds. The zero-order chi connectivity index (χ0) is 12.4. The molecule has 0 spiro atoms. The van der Waals surface area contributed by atoms with E-state index in [4.69, 9.17) is 10.5 Å². The van der Waals surface area contributed by atoms with Crippen molar-refractivity contribution in [3.8, 4) is 0 Å². The minimum atomic E-state index is -3.25. The summed E-state index contributed by atoms with van der Waals surface area (Å²) in [6.45, 7) is 5.01. The number of nitrogens with one attached hydrogen (secondary N) is 1. The summed E-state index contributed by atoms with van der Waals surface area (Å²) in [5.74, 6) is 0.00344. The number of nitrogens with two attached hydrogens (primary N) is 1. The molecule has 0 aliphatic rings. The Kier molecular flexibility index (Phi) is 8.83. The average Bonchev–Trinajstić information content (AvgIpc) is 2.24. The minimum Gasteiger partial charge on any atom is -0.381 e. The van der Waals surface area contributed by atoms with Crippen molar-refractivity contribution in [2.24, 2.45) is 5.73 Å². The van der Waals surface area contributed by atoms with E-state index in [2.05, 4.69) is 11.6 Å². The lowest BCUT2D eigenvalue weighted by Gasteiger charge is -2.16. The van der Waals surface area contributed by atoms with E-state index in [0.717, 1.165) is 19.3 Å². The van der Waals surface area contributed by atoms with E-state index in [9.17, 15) is 8.42 Å². The summed E-state index contributed by atoms with van der Waals surface area (Å²) in [5, 5.41) is 0. The molecule has 0 bridgehead atoms. The lowest BCUT2D eigenvalue weighted by molar-refractivity contribution is 0.163. The van der Waals surface area contributed by atoms with Crippen LogP contribution in [0.25, 0.3) is 0 Å². The van der Waals surface area contributed by atoms with Crippen LogP contribution in [0.15, 0.2) is 0 Å². The molecule has 0 heterocycles. The molecule has 6 heteroatoms. The highest BCUT2D eigenvalue weighted by Crippen LogP contribution is 2.01. The first-order valence-corrected chi connectivity index (χ1v) is 7.48. The lowest BCUT2D eigenvalue weighted by Crippen LogP contribution is -2.41. The summed E-state index contributed by atoms with van der Waals surface area (Å²) >= 11 is 0. The number of unbranched alkanes of at least 4 members (excludes halogenated alkanes) is 1. The Hall–Kier alpha value is -0.170. The molecule has 3 N–H and O–H groups in total. The van der Waals surface area contributed by atoms with Gasteiger partial charge in [0.25, 0.3) is 0 Å². The molecular formula is C10H24N2O3S. The molecule has 98 valence electrons. The van der Waals surface area contributed by atoms with Crippen molar-refractivity contribution in [3.63, 3.8) is 0 Å². The summed E-state index contributed by atoms with van der Waals surface area (Å²) in [6, 6.07) is -0.147. The highest BCUT2D eigenvalue weighted by atomic mass is 32.2. The Bertz CT molecular complexity index is 255. The van der Waals surface area contributed by atoms with Gasteiger partial charge in [-0.25, -0.2) is 13.1 Å². The highest BCUT2D eigenvalue weighted by Gasteiger charge is 2.15. The standard InChI is InChI=1S/C10H24N2O3S/c1-3-5-6-10(9-11)12-16(13,14)8-7-15-4-2/h10,12H,3-9,11H2,1-2H3. The Morgan fingerprint density at radius 2 is 2.06 bits per heavy atom. The first-order chi connectivity index (χ1) is 7.55. The number of sulfonamides is 1. The van der Waals surface area contributed by atoms with Gasteiger partial charge in [0.1, 0.15) is 0 Å². The molecule has 1 atom stereocenters. The van der Waals surface area contributed by atoms with Crippen LogP contribution in [0.4, 0.5) is 0 Å². The van der Waals surface area contributed by atoms with E-state index >= 15 is 0 Å². The Morgan fingerprint density at radius 1 is 1.38 bits per heavy atom. The second-order valence-corrected chi connectivity index (χ2v) is 5.58. The molecule has 1 unspecified atom stereocenters. The Labute approximate surface area is 98.8 Å². The van der Waals surface area contributed by atoms with Gasteiger partial charge in [-0.1, -0.05) is 19.8 Å². The van der Waals surface area contributed by atoms with Crippen molar-refractivity contribution in [3.05, 3.63) is 0 Å². The molecule has 0 aliphatic carbocycles. The summed E-state index contributed by atoms with van der Waals surface area (Å²) in [5.41, 5.74) is 5.52. The third kappa shape index (κ3) is 8.04. The third-order valence-electron chi connectivity index (χ3n) is 2.24. The molecule has 0 aromatic carbocycles. The van der Waals surface area contributed by atoms with Crippen LogP contribution < -0.4 is 10.5 Å². The molecule has 5 nitrogen and oxygen atoms in total. The normalized spacial score (nSPS) is 13.9. The second kappa shape index (κ2) is 8.92. The maximum atomic E-state index is 11.6. The molecule has 0 fully saturated rings. The smallest absolute Gasteiger partial charge is 0.214 e. The Balaban J connectivity index is 4.00. The predicted molar refractivity (Wildman–Crippen MR) is 65.8 cm³/mol. The average molecular weight is 252 g/mol. The summed E-state index contributed by atoms with van der Waals surface area (Å²) in [7, 11) is -3.25. The van der Waals surface area contributed by atoms with E-state index < -0.39 is 10.0 Å². The van der Waals surface area contributed by atoms with Crippen LogP contribution in [0.5, 0.6) is 0 Å². The third-order valence-corrected chi connectivity index (χ3v) is 3.63. The van der Waals surface area contributed by atoms with Gasteiger partial charge in [-0.3, -0.25) is 0 Å².